The second kappa shape index (κ2) is 8.47. The van der Waals surface area contributed by atoms with E-state index in [2.05, 4.69) is 10.3 Å². The number of aromatic nitrogens is 2. The first-order valence-corrected chi connectivity index (χ1v) is 10.7. The Balaban J connectivity index is 1.31. The molecule has 0 aliphatic carbocycles. The van der Waals surface area contributed by atoms with Gasteiger partial charge in [0.05, 0.1) is 11.4 Å². The van der Waals surface area contributed by atoms with Crippen LogP contribution < -0.4 is 5.32 Å². The highest BCUT2D eigenvalue weighted by Gasteiger charge is 2.36. The lowest BCUT2D eigenvalue weighted by Gasteiger charge is -2.36. The van der Waals surface area contributed by atoms with Crippen molar-refractivity contribution in [1.29, 1.82) is 0 Å². The summed E-state index contributed by atoms with van der Waals surface area (Å²) in [4.78, 5) is 19.8. The van der Waals surface area contributed by atoms with Gasteiger partial charge in [0.2, 0.25) is 0 Å². The van der Waals surface area contributed by atoms with Crippen LogP contribution in [0.2, 0.25) is 0 Å². The smallest absolute Gasteiger partial charge is 0.266 e. The number of likely N-dealkylation sites (tertiary alicyclic amines) is 1. The number of alkyl halides is 1. The molecule has 3 aromatic heterocycles. The summed E-state index contributed by atoms with van der Waals surface area (Å²) in [7, 11) is 0. The number of carbonyl (C=O) groups is 1. The fraction of sp³-hybridized carbons (Fsp3) is 0.364. The van der Waals surface area contributed by atoms with Crippen LogP contribution in [-0.2, 0) is 6.54 Å². The van der Waals surface area contributed by atoms with Gasteiger partial charge in [-0.15, -0.1) is 11.3 Å². The fourth-order valence-electron chi connectivity index (χ4n) is 3.61. The van der Waals surface area contributed by atoms with Crippen LogP contribution in [-0.4, -0.2) is 45.7 Å². The molecule has 5 nitrogen and oxygen atoms in total. The van der Waals surface area contributed by atoms with Gasteiger partial charge in [0.25, 0.3) is 5.91 Å². The van der Waals surface area contributed by atoms with Gasteiger partial charge in [-0.3, -0.25) is 9.78 Å². The van der Waals surface area contributed by atoms with E-state index in [-0.39, 0.29) is 12.5 Å². The number of rotatable bonds is 6. The van der Waals surface area contributed by atoms with Gasteiger partial charge in [-0.25, -0.2) is 4.39 Å². The van der Waals surface area contributed by atoms with Gasteiger partial charge in [-0.1, -0.05) is 6.07 Å². The molecule has 1 aliphatic heterocycles. The summed E-state index contributed by atoms with van der Waals surface area (Å²) in [5.41, 5.74) is 1.61. The lowest BCUT2D eigenvalue weighted by Crippen LogP contribution is -2.48. The first-order chi connectivity index (χ1) is 14.0. The Morgan fingerprint density at radius 1 is 1.24 bits per heavy atom. The summed E-state index contributed by atoms with van der Waals surface area (Å²) in [5.74, 6) is -0.0115. The molecule has 4 rings (SSSR count). The van der Waals surface area contributed by atoms with E-state index in [1.54, 1.807) is 4.90 Å². The van der Waals surface area contributed by atoms with Gasteiger partial charge < -0.3 is 14.8 Å². The number of nitrogens with zero attached hydrogens (tertiary/aromatic N) is 3. The molecule has 1 amide bonds. The van der Waals surface area contributed by atoms with Crippen molar-refractivity contribution in [3.8, 4) is 5.69 Å². The third-order valence-corrected chi connectivity index (χ3v) is 6.28. The Morgan fingerprint density at radius 2 is 2.00 bits per heavy atom. The van der Waals surface area contributed by atoms with Gasteiger partial charge >= 0.3 is 0 Å². The number of piperidine rings is 1. The molecule has 0 radical (unpaired) electrons. The molecule has 1 saturated heterocycles. The number of aryl methyl sites for hydroxylation is 1. The minimum Gasteiger partial charge on any atom is -0.338 e. The largest absolute Gasteiger partial charge is 0.338 e. The zero-order valence-electron chi connectivity index (χ0n) is 16.5. The molecule has 3 aromatic rings. The number of hydrogen-bond acceptors (Lipinski definition) is 4. The third-order valence-electron chi connectivity index (χ3n) is 5.39. The Kier molecular flexibility index (Phi) is 5.78. The maximum atomic E-state index is 15.2. The Labute approximate surface area is 174 Å². The topological polar surface area (TPSA) is 50.2 Å². The average molecular weight is 413 g/mol. The minimum atomic E-state index is -1.29. The second-order valence-electron chi connectivity index (χ2n) is 7.60. The van der Waals surface area contributed by atoms with E-state index in [0.717, 1.165) is 16.9 Å². The molecule has 1 aliphatic rings. The van der Waals surface area contributed by atoms with Crippen LogP contribution in [0, 0.1) is 6.92 Å². The number of amides is 1. The van der Waals surface area contributed by atoms with Crippen molar-refractivity contribution >= 4 is 17.2 Å². The molecule has 4 heterocycles. The molecular weight excluding hydrogens is 387 g/mol. The van der Waals surface area contributed by atoms with Crippen LogP contribution in [0.15, 0.2) is 54.3 Å². The summed E-state index contributed by atoms with van der Waals surface area (Å²) < 4.78 is 17.1. The number of pyridine rings is 1. The summed E-state index contributed by atoms with van der Waals surface area (Å²) in [6.07, 6.45) is 6.36. The lowest BCUT2D eigenvalue weighted by atomic mass is 9.93. The second-order valence-corrected chi connectivity index (χ2v) is 8.51. The highest BCUT2D eigenvalue weighted by atomic mass is 32.1. The van der Waals surface area contributed by atoms with Gasteiger partial charge in [-0.2, -0.15) is 0 Å². The molecule has 0 unspecified atom stereocenters. The lowest BCUT2D eigenvalue weighted by molar-refractivity contribution is 0.0438. The van der Waals surface area contributed by atoms with Gasteiger partial charge in [0.1, 0.15) is 10.5 Å². The Hall–Kier alpha value is -2.51. The first kappa shape index (κ1) is 19.8. The predicted octanol–water partition coefficient (Wildman–Crippen LogP) is 3.98. The molecule has 0 saturated carbocycles. The van der Waals surface area contributed by atoms with Crippen LogP contribution >= 0.6 is 11.3 Å². The van der Waals surface area contributed by atoms with Crippen LogP contribution in [0.3, 0.4) is 0 Å². The van der Waals surface area contributed by atoms with Crippen LogP contribution in [0.4, 0.5) is 4.39 Å². The maximum absolute atomic E-state index is 15.2. The highest BCUT2D eigenvalue weighted by Crippen LogP contribution is 2.29. The molecular formula is C22H25FN4OS. The quantitative estimate of drug-likeness (QED) is 0.666. The van der Waals surface area contributed by atoms with E-state index >= 15 is 4.39 Å². The van der Waals surface area contributed by atoms with Crippen LogP contribution in [0.25, 0.3) is 5.69 Å². The number of carbonyl (C=O) groups excluding carboxylic acids is 1. The summed E-state index contributed by atoms with van der Waals surface area (Å²) in [5, 5.41) is 5.11. The molecule has 0 aromatic carbocycles. The van der Waals surface area contributed by atoms with E-state index < -0.39 is 5.67 Å². The molecule has 0 atom stereocenters. The van der Waals surface area contributed by atoms with Gasteiger partial charge in [0.15, 0.2) is 0 Å². The number of hydrogen-bond donors (Lipinski definition) is 1. The van der Waals surface area contributed by atoms with Crippen LogP contribution in [0.1, 0.15) is 33.8 Å². The van der Waals surface area contributed by atoms with E-state index in [0.29, 0.717) is 37.4 Å². The maximum Gasteiger partial charge on any atom is 0.266 e. The number of nitrogens with one attached hydrogen (secondary N) is 1. The average Bonchev–Trinajstić information content (AvgIpc) is 3.41. The Bertz CT molecular complexity index is 944. The third kappa shape index (κ3) is 4.57. The zero-order chi connectivity index (χ0) is 20.3. The molecule has 152 valence electrons. The predicted molar refractivity (Wildman–Crippen MR) is 113 cm³/mol. The van der Waals surface area contributed by atoms with Crippen molar-refractivity contribution in [2.24, 2.45) is 0 Å². The van der Waals surface area contributed by atoms with Gasteiger partial charge in [0, 0.05) is 57.6 Å². The van der Waals surface area contributed by atoms with Crippen molar-refractivity contribution < 1.29 is 9.18 Å². The monoisotopic (exact) mass is 412 g/mol. The fourth-order valence-corrected chi connectivity index (χ4v) is 4.47. The molecule has 0 spiro atoms. The first-order valence-electron chi connectivity index (χ1n) is 9.85. The van der Waals surface area contributed by atoms with E-state index in [1.165, 1.54) is 11.3 Å². The highest BCUT2D eigenvalue weighted by molar-refractivity contribution is 7.12. The van der Waals surface area contributed by atoms with Crippen molar-refractivity contribution in [3.05, 3.63) is 70.4 Å². The zero-order valence-corrected chi connectivity index (χ0v) is 17.3. The SMILES string of the molecule is Cc1ccc(CNCC2(F)CCN(C(=O)c3sccc3-n3cccc3)CC2)nc1. The molecule has 1 fully saturated rings. The van der Waals surface area contributed by atoms with E-state index in [4.69, 9.17) is 0 Å². The Morgan fingerprint density at radius 3 is 2.69 bits per heavy atom. The normalized spacial score (nSPS) is 16.1. The molecule has 7 heteroatoms. The molecule has 0 bridgehead atoms. The number of thiophene rings is 1. The molecule has 1 N–H and O–H groups in total. The van der Waals surface area contributed by atoms with Gasteiger partial charge in [-0.05, 0) is 42.1 Å². The van der Waals surface area contributed by atoms with Crippen molar-refractivity contribution in [1.82, 2.24) is 19.8 Å². The van der Waals surface area contributed by atoms with E-state index in [1.807, 2.05) is 65.8 Å². The summed E-state index contributed by atoms with van der Waals surface area (Å²) in [6.45, 7) is 3.68. The molecule has 29 heavy (non-hydrogen) atoms. The number of halogens is 1. The van der Waals surface area contributed by atoms with Crippen molar-refractivity contribution in [2.45, 2.75) is 32.0 Å². The summed E-state index contributed by atoms with van der Waals surface area (Å²) in [6, 6.07) is 9.78. The van der Waals surface area contributed by atoms with Crippen molar-refractivity contribution in [2.75, 3.05) is 19.6 Å². The van der Waals surface area contributed by atoms with Crippen LogP contribution in [0.5, 0.6) is 0 Å². The minimum absolute atomic E-state index is 0.0115. The van der Waals surface area contributed by atoms with Crippen molar-refractivity contribution in [3.63, 3.8) is 0 Å². The summed E-state index contributed by atoms with van der Waals surface area (Å²) >= 11 is 1.44. The standard InChI is InChI=1S/C22H25FN4OS/c1-17-4-5-18(25-14-17)15-24-16-22(23)7-11-27(12-8-22)21(28)20-19(6-13-29-20)26-9-2-3-10-26/h2-6,9-10,13-14,24H,7-8,11-12,15-16H2,1H3. The van der Waals surface area contributed by atoms with E-state index in [9.17, 15) is 4.79 Å².